The lowest BCUT2D eigenvalue weighted by Gasteiger charge is -2.20. The number of unbranched alkanes of at least 4 members (excludes halogenated alkanes) is 21. The van der Waals surface area contributed by atoms with Crippen molar-refractivity contribution in [2.75, 3.05) is 0 Å². The number of hydrogen-bond donors (Lipinski definition) is 1. The Morgan fingerprint density at radius 2 is 0.814 bits per heavy atom. The molecule has 0 fully saturated rings. The summed E-state index contributed by atoms with van der Waals surface area (Å²) in [6.45, 7) is 6.69. The fourth-order valence-corrected chi connectivity index (χ4v) is 5.55. The molecule has 6 heteroatoms. The number of rotatable bonds is 32. The Morgan fingerprint density at radius 3 is 1.23 bits per heavy atom. The van der Waals surface area contributed by atoms with Crippen molar-refractivity contribution in [2.24, 2.45) is 5.73 Å². The van der Waals surface area contributed by atoms with Gasteiger partial charge < -0.3 is 15.2 Å². The van der Waals surface area contributed by atoms with Gasteiger partial charge in [0.15, 0.2) is 0 Å². The van der Waals surface area contributed by atoms with Gasteiger partial charge in [-0.3, -0.25) is 14.4 Å². The van der Waals surface area contributed by atoms with Crippen molar-refractivity contribution in [1.29, 1.82) is 0 Å². The van der Waals surface area contributed by atoms with E-state index in [2.05, 4.69) is 20.8 Å². The molecular weight excluding hydrogens is 538 g/mol. The smallest absolute Gasteiger partial charge is 0.323 e. The maximum atomic E-state index is 12.8. The highest BCUT2D eigenvalue weighted by Crippen LogP contribution is 2.18. The molecule has 0 aliphatic carbocycles. The summed E-state index contributed by atoms with van der Waals surface area (Å²) in [5.41, 5.74) is 6.10. The van der Waals surface area contributed by atoms with Crippen LogP contribution >= 0.6 is 0 Å². The lowest BCUT2D eigenvalue weighted by Crippen LogP contribution is -2.35. The van der Waals surface area contributed by atoms with Crippen LogP contribution in [0.2, 0.25) is 0 Å². The first-order chi connectivity index (χ1) is 20.9. The van der Waals surface area contributed by atoms with Crippen molar-refractivity contribution in [3.05, 3.63) is 0 Å². The summed E-state index contributed by atoms with van der Waals surface area (Å²) in [6, 6.07) is -0.879. The SMILES string of the molecule is CCCCCCCCCCCC(=O)OC(=O)CCC(N)C(=O)OC(CCCCCCCC)CCCCCCCCCCC. The maximum Gasteiger partial charge on any atom is 0.323 e. The topological polar surface area (TPSA) is 95.7 Å². The second-order valence-electron chi connectivity index (χ2n) is 12.8. The Labute approximate surface area is 266 Å². The predicted octanol–water partition coefficient (Wildman–Crippen LogP) is 10.7. The van der Waals surface area contributed by atoms with Crippen molar-refractivity contribution in [2.45, 2.75) is 219 Å². The van der Waals surface area contributed by atoms with E-state index in [1.807, 2.05) is 0 Å². The molecular formula is C37H71NO5. The first-order valence-corrected chi connectivity index (χ1v) is 18.6. The molecule has 0 aliphatic rings. The number of hydrogen-bond acceptors (Lipinski definition) is 6. The molecule has 254 valence electrons. The van der Waals surface area contributed by atoms with E-state index in [1.54, 1.807) is 0 Å². The Balaban J connectivity index is 4.27. The lowest BCUT2D eigenvalue weighted by atomic mass is 10.0. The van der Waals surface area contributed by atoms with Crippen LogP contribution in [-0.2, 0) is 23.9 Å². The van der Waals surface area contributed by atoms with Crippen LogP contribution in [0, 0.1) is 0 Å². The standard InChI is InChI=1S/C37H71NO5/c1-4-7-10-13-16-18-20-23-26-29-33(28-25-22-15-12-9-6-3)42-37(41)34(38)31-32-36(40)43-35(39)30-27-24-21-19-17-14-11-8-5-2/h33-34H,4-32,38H2,1-3H3. The van der Waals surface area contributed by atoms with E-state index in [-0.39, 0.29) is 25.4 Å². The predicted molar refractivity (Wildman–Crippen MR) is 180 cm³/mol. The van der Waals surface area contributed by atoms with Crippen molar-refractivity contribution in [3.8, 4) is 0 Å². The van der Waals surface area contributed by atoms with Gasteiger partial charge >= 0.3 is 17.9 Å². The van der Waals surface area contributed by atoms with E-state index in [9.17, 15) is 14.4 Å². The van der Waals surface area contributed by atoms with Crippen LogP contribution in [0.25, 0.3) is 0 Å². The van der Waals surface area contributed by atoms with Crippen molar-refractivity contribution < 1.29 is 23.9 Å². The third-order valence-corrected chi connectivity index (χ3v) is 8.47. The third kappa shape index (κ3) is 29.1. The van der Waals surface area contributed by atoms with Gasteiger partial charge in [0.1, 0.15) is 12.1 Å². The molecule has 0 aliphatic heterocycles. The summed E-state index contributed by atoms with van der Waals surface area (Å²) in [5.74, 6) is -1.53. The Morgan fingerprint density at radius 1 is 0.465 bits per heavy atom. The van der Waals surface area contributed by atoms with Gasteiger partial charge in [0.25, 0.3) is 0 Å². The van der Waals surface area contributed by atoms with Gasteiger partial charge in [0.05, 0.1) is 0 Å². The minimum Gasteiger partial charge on any atom is -0.461 e. The highest BCUT2D eigenvalue weighted by Gasteiger charge is 2.22. The Kier molecular flexibility index (Phi) is 30.9. The van der Waals surface area contributed by atoms with Crippen LogP contribution < -0.4 is 5.73 Å². The van der Waals surface area contributed by atoms with Gasteiger partial charge in [-0.25, -0.2) is 0 Å². The summed E-state index contributed by atoms with van der Waals surface area (Å²) in [4.78, 5) is 36.9. The average Bonchev–Trinajstić information content (AvgIpc) is 2.99. The molecule has 0 rings (SSSR count). The maximum absolute atomic E-state index is 12.8. The van der Waals surface area contributed by atoms with Gasteiger partial charge in [-0.15, -0.1) is 0 Å². The second kappa shape index (κ2) is 32.0. The van der Waals surface area contributed by atoms with Crippen LogP contribution in [0.3, 0.4) is 0 Å². The molecule has 2 unspecified atom stereocenters. The minimum absolute atomic E-state index is 0.0554. The fourth-order valence-electron chi connectivity index (χ4n) is 5.55. The highest BCUT2D eigenvalue weighted by atomic mass is 16.6. The molecule has 6 nitrogen and oxygen atoms in total. The zero-order valence-corrected chi connectivity index (χ0v) is 28.8. The molecule has 2 N–H and O–H groups in total. The zero-order chi connectivity index (χ0) is 31.8. The molecule has 0 aromatic heterocycles. The summed E-state index contributed by atoms with van der Waals surface area (Å²) < 4.78 is 10.8. The molecule has 0 heterocycles. The monoisotopic (exact) mass is 610 g/mol. The van der Waals surface area contributed by atoms with E-state index in [0.717, 1.165) is 51.4 Å². The summed E-state index contributed by atoms with van der Waals surface area (Å²) >= 11 is 0. The van der Waals surface area contributed by atoms with E-state index in [0.29, 0.717) is 0 Å². The van der Waals surface area contributed by atoms with Gasteiger partial charge in [-0.1, -0.05) is 156 Å². The van der Waals surface area contributed by atoms with Crippen LogP contribution in [0.1, 0.15) is 207 Å². The Bertz CT molecular complexity index is 653. The van der Waals surface area contributed by atoms with Crippen molar-refractivity contribution in [1.82, 2.24) is 0 Å². The first kappa shape index (κ1) is 41.6. The van der Waals surface area contributed by atoms with Gasteiger partial charge in [-0.05, 0) is 38.5 Å². The summed E-state index contributed by atoms with van der Waals surface area (Å²) in [5, 5.41) is 0. The second-order valence-corrected chi connectivity index (χ2v) is 12.8. The van der Waals surface area contributed by atoms with E-state index >= 15 is 0 Å². The van der Waals surface area contributed by atoms with Gasteiger partial charge in [-0.2, -0.15) is 0 Å². The van der Waals surface area contributed by atoms with Crippen molar-refractivity contribution in [3.63, 3.8) is 0 Å². The molecule has 0 saturated heterocycles. The fraction of sp³-hybridized carbons (Fsp3) is 0.919. The zero-order valence-electron chi connectivity index (χ0n) is 28.8. The van der Waals surface area contributed by atoms with Crippen LogP contribution in [0.4, 0.5) is 0 Å². The largest absolute Gasteiger partial charge is 0.461 e. The van der Waals surface area contributed by atoms with E-state index < -0.39 is 23.9 Å². The quantitative estimate of drug-likeness (QED) is 0.0463. The number of ether oxygens (including phenoxy) is 2. The van der Waals surface area contributed by atoms with E-state index in [1.165, 1.54) is 116 Å². The van der Waals surface area contributed by atoms with Crippen LogP contribution in [-0.4, -0.2) is 30.1 Å². The minimum atomic E-state index is -0.879. The molecule has 43 heavy (non-hydrogen) atoms. The molecule has 0 saturated carbocycles. The molecule has 0 aromatic rings. The van der Waals surface area contributed by atoms with Crippen LogP contribution in [0.5, 0.6) is 0 Å². The number of carbonyl (C=O) groups excluding carboxylic acids is 3. The first-order valence-electron chi connectivity index (χ1n) is 18.6. The van der Waals surface area contributed by atoms with E-state index in [4.69, 9.17) is 15.2 Å². The Hall–Kier alpha value is -1.43. The highest BCUT2D eigenvalue weighted by molar-refractivity contribution is 5.85. The molecule has 0 radical (unpaired) electrons. The lowest BCUT2D eigenvalue weighted by molar-refractivity contribution is -0.159. The number of nitrogens with two attached hydrogens (primary N) is 1. The summed E-state index contributed by atoms with van der Waals surface area (Å²) in [6.07, 6.45) is 31.0. The van der Waals surface area contributed by atoms with Crippen LogP contribution in [0.15, 0.2) is 0 Å². The van der Waals surface area contributed by atoms with Gasteiger partial charge in [0.2, 0.25) is 0 Å². The number of esters is 3. The van der Waals surface area contributed by atoms with Crippen molar-refractivity contribution >= 4 is 17.9 Å². The molecule has 0 amide bonds. The molecule has 0 bridgehead atoms. The molecule has 2 atom stereocenters. The third-order valence-electron chi connectivity index (χ3n) is 8.47. The average molecular weight is 610 g/mol. The van der Waals surface area contributed by atoms with Gasteiger partial charge in [0, 0.05) is 12.8 Å². The summed E-state index contributed by atoms with van der Waals surface area (Å²) in [7, 11) is 0. The number of carbonyl (C=O) groups is 3. The normalized spacial score (nSPS) is 12.7. The molecule has 0 spiro atoms. The molecule has 0 aromatic carbocycles.